The highest BCUT2D eigenvalue weighted by molar-refractivity contribution is 5.45. The number of pyridine rings is 1. The van der Waals surface area contributed by atoms with E-state index in [1.165, 1.54) is 11.1 Å². The van der Waals surface area contributed by atoms with Crippen LogP contribution in [0.3, 0.4) is 0 Å². The van der Waals surface area contributed by atoms with Gasteiger partial charge in [-0.15, -0.1) is 0 Å². The largest absolute Gasteiger partial charge is 0.497 e. The highest BCUT2D eigenvalue weighted by atomic mass is 16.5. The average Bonchev–Trinajstić information content (AvgIpc) is 2.79. The van der Waals surface area contributed by atoms with Crippen LogP contribution in [0.15, 0.2) is 73.1 Å². The van der Waals surface area contributed by atoms with Gasteiger partial charge in [0.2, 0.25) is 0 Å². The molecular formula is C25H30N2O2. The standard InChI is InChI=1S/C25H30N2O2/c1-4-27(5-2)17-18-29-24-14-10-21(11-15-24)25(22-7-6-16-26-19-22)20-8-12-23(28-3)13-9-20/h6-16,19,25H,4-5,17-18H2,1-3H3. The lowest BCUT2D eigenvalue weighted by atomic mass is 9.86. The molecular weight excluding hydrogens is 360 g/mol. The quantitative estimate of drug-likeness (QED) is 0.488. The van der Waals surface area contributed by atoms with Crippen LogP contribution in [0.4, 0.5) is 0 Å². The first-order valence-electron chi connectivity index (χ1n) is 10.2. The molecule has 3 rings (SSSR count). The minimum Gasteiger partial charge on any atom is -0.497 e. The molecule has 0 radical (unpaired) electrons. The molecule has 29 heavy (non-hydrogen) atoms. The number of rotatable bonds is 10. The third-order valence-electron chi connectivity index (χ3n) is 5.25. The third-order valence-corrected chi connectivity index (χ3v) is 5.25. The van der Waals surface area contributed by atoms with Crippen LogP contribution in [-0.2, 0) is 0 Å². The van der Waals surface area contributed by atoms with E-state index in [-0.39, 0.29) is 5.92 Å². The molecule has 0 aliphatic heterocycles. The molecule has 2 aromatic carbocycles. The van der Waals surface area contributed by atoms with Crippen LogP contribution in [0.5, 0.6) is 11.5 Å². The van der Waals surface area contributed by atoms with Crippen molar-refractivity contribution in [2.24, 2.45) is 0 Å². The fourth-order valence-corrected chi connectivity index (χ4v) is 3.51. The SMILES string of the molecule is CCN(CC)CCOc1ccc(C(c2ccc(OC)cc2)c2cccnc2)cc1. The minimum atomic E-state index is 0.110. The molecule has 0 aliphatic rings. The van der Waals surface area contributed by atoms with Crippen molar-refractivity contribution in [3.63, 3.8) is 0 Å². The average molecular weight is 391 g/mol. The normalized spacial score (nSPS) is 12.0. The van der Waals surface area contributed by atoms with E-state index < -0.39 is 0 Å². The van der Waals surface area contributed by atoms with E-state index in [4.69, 9.17) is 9.47 Å². The van der Waals surface area contributed by atoms with E-state index in [1.807, 2.05) is 24.4 Å². The van der Waals surface area contributed by atoms with Gasteiger partial charge in [0.05, 0.1) is 7.11 Å². The van der Waals surface area contributed by atoms with Crippen LogP contribution in [0.2, 0.25) is 0 Å². The van der Waals surface area contributed by atoms with Gasteiger partial charge in [-0.2, -0.15) is 0 Å². The van der Waals surface area contributed by atoms with Crippen molar-refractivity contribution in [1.29, 1.82) is 0 Å². The third kappa shape index (κ3) is 5.58. The number of benzene rings is 2. The molecule has 0 spiro atoms. The first-order valence-corrected chi connectivity index (χ1v) is 10.2. The van der Waals surface area contributed by atoms with Gasteiger partial charge in [-0.05, 0) is 60.1 Å². The molecule has 0 bridgehead atoms. The van der Waals surface area contributed by atoms with Crippen LogP contribution in [0, 0.1) is 0 Å². The molecule has 0 N–H and O–H groups in total. The Kier molecular flexibility index (Phi) is 7.65. The zero-order chi connectivity index (χ0) is 20.5. The minimum absolute atomic E-state index is 0.110. The second-order valence-electron chi connectivity index (χ2n) is 6.94. The van der Waals surface area contributed by atoms with Gasteiger partial charge in [-0.25, -0.2) is 0 Å². The first kappa shape index (κ1) is 20.9. The Labute approximate surface area is 174 Å². The highest BCUT2D eigenvalue weighted by Crippen LogP contribution is 2.33. The van der Waals surface area contributed by atoms with Gasteiger partial charge in [0.15, 0.2) is 0 Å². The van der Waals surface area contributed by atoms with Crippen molar-refractivity contribution in [1.82, 2.24) is 9.88 Å². The Hall–Kier alpha value is -2.85. The number of hydrogen-bond donors (Lipinski definition) is 0. The summed E-state index contributed by atoms with van der Waals surface area (Å²) in [6.07, 6.45) is 3.74. The molecule has 1 unspecified atom stereocenters. The summed E-state index contributed by atoms with van der Waals surface area (Å²) >= 11 is 0. The van der Waals surface area contributed by atoms with E-state index in [2.05, 4.69) is 66.2 Å². The van der Waals surface area contributed by atoms with Crippen molar-refractivity contribution in [2.45, 2.75) is 19.8 Å². The van der Waals surface area contributed by atoms with Crippen molar-refractivity contribution in [3.05, 3.63) is 89.7 Å². The molecule has 0 aliphatic carbocycles. The molecule has 0 saturated heterocycles. The topological polar surface area (TPSA) is 34.6 Å². The maximum Gasteiger partial charge on any atom is 0.119 e. The van der Waals surface area contributed by atoms with E-state index >= 15 is 0 Å². The molecule has 4 nitrogen and oxygen atoms in total. The molecule has 1 aromatic heterocycles. The lowest BCUT2D eigenvalue weighted by Gasteiger charge is -2.20. The van der Waals surface area contributed by atoms with Crippen LogP contribution in [-0.4, -0.2) is 43.2 Å². The number of hydrogen-bond acceptors (Lipinski definition) is 4. The van der Waals surface area contributed by atoms with E-state index in [0.29, 0.717) is 6.61 Å². The van der Waals surface area contributed by atoms with Crippen LogP contribution >= 0.6 is 0 Å². The summed E-state index contributed by atoms with van der Waals surface area (Å²) in [5, 5.41) is 0. The Morgan fingerprint density at radius 2 is 1.45 bits per heavy atom. The predicted octanol–water partition coefficient (Wildman–Crippen LogP) is 4.99. The predicted molar refractivity (Wildman–Crippen MR) is 118 cm³/mol. The van der Waals surface area contributed by atoms with Gasteiger partial charge in [0, 0.05) is 24.9 Å². The Morgan fingerprint density at radius 3 is 1.97 bits per heavy atom. The molecule has 152 valence electrons. The maximum absolute atomic E-state index is 5.95. The number of nitrogens with zero attached hydrogens (tertiary/aromatic N) is 2. The molecule has 0 fully saturated rings. The zero-order valence-electron chi connectivity index (χ0n) is 17.5. The molecule has 1 atom stereocenters. The van der Waals surface area contributed by atoms with Gasteiger partial charge in [0.25, 0.3) is 0 Å². The van der Waals surface area contributed by atoms with Crippen LogP contribution in [0.1, 0.15) is 36.5 Å². The maximum atomic E-state index is 5.95. The van der Waals surface area contributed by atoms with Crippen molar-refractivity contribution < 1.29 is 9.47 Å². The molecule has 4 heteroatoms. The summed E-state index contributed by atoms with van der Waals surface area (Å²) < 4.78 is 11.3. The van der Waals surface area contributed by atoms with Gasteiger partial charge in [-0.3, -0.25) is 4.98 Å². The Balaban J connectivity index is 1.79. The Morgan fingerprint density at radius 1 is 0.828 bits per heavy atom. The molecule has 3 aromatic rings. The fourth-order valence-electron chi connectivity index (χ4n) is 3.51. The summed E-state index contributed by atoms with van der Waals surface area (Å²) in [6, 6.07) is 20.8. The monoisotopic (exact) mass is 390 g/mol. The molecule has 0 saturated carbocycles. The van der Waals surface area contributed by atoms with E-state index in [9.17, 15) is 0 Å². The number of methoxy groups -OCH3 is 1. The van der Waals surface area contributed by atoms with E-state index in [0.717, 1.165) is 36.7 Å². The first-order chi connectivity index (χ1) is 14.2. The van der Waals surface area contributed by atoms with E-state index in [1.54, 1.807) is 13.3 Å². The number of aromatic nitrogens is 1. The Bertz CT molecular complexity index is 844. The van der Waals surface area contributed by atoms with Crippen molar-refractivity contribution in [3.8, 4) is 11.5 Å². The summed E-state index contributed by atoms with van der Waals surface area (Å²) in [4.78, 5) is 6.68. The second-order valence-corrected chi connectivity index (χ2v) is 6.94. The highest BCUT2D eigenvalue weighted by Gasteiger charge is 2.17. The summed E-state index contributed by atoms with van der Waals surface area (Å²) in [5.74, 6) is 1.87. The van der Waals surface area contributed by atoms with Crippen LogP contribution < -0.4 is 9.47 Å². The zero-order valence-corrected chi connectivity index (χ0v) is 17.5. The lowest BCUT2D eigenvalue weighted by molar-refractivity contribution is 0.223. The molecule has 1 heterocycles. The second kappa shape index (κ2) is 10.6. The van der Waals surface area contributed by atoms with Crippen molar-refractivity contribution in [2.75, 3.05) is 33.4 Å². The van der Waals surface area contributed by atoms with Gasteiger partial charge in [-0.1, -0.05) is 44.2 Å². The fraction of sp³-hybridized carbons (Fsp3) is 0.320. The van der Waals surface area contributed by atoms with Crippen LogP contribution in [0.25, 0.3) is 0 Å². The lowest BCUT2D eigenvalue weighted by Crippen LogP contribution is -2.27. The van der Waals surface area contributed by atoms with Crippen molar-refractivity contribution >= 4 is 0 Å². The van der Waals surface area contributed by atoms with Gasteiger partial charge < -0.3 is 14.4 Å². The summed E-state index contributed by atoms with van der Waals surface area (Å²) in [6.45, 7) is 8.09. The number of ether oxygens (including phenoxy) is 2. The smallest absolute Gasteiger partial charge is 0.119 e. The van der Waals surface area contributed by atoms with Gasteiger partial charge >= 0.3 is 0 Å². The summed E-state index contributed by atoms with van der Waals surface area (Å²) in [7, 11) is 1.69. The number of likely N-dealkylation sites (N-methyl/N-ethyl adjacent to an activating group) is 1. The van der Waals surface area contributed by atoms with Gasteiger partial charge in [0.1, 0.15) is 18.1 Å². The summed E-state index contributed by atoms with van der Waals surface area (Å²) in [5.41, 5.74) is 3.57. The molecule has 0 amide bonds.